The third kappa shape index (κ3) is 3.19. The maximum atomic E-state index is 12.9. The number of nitrogens with zero attached hydrogens (tertiary/aromatic N) is 3. The smallest absolute Gasteiger partial charge is 0.258 e. The van der Waals surface area contributed by atoms with Gasteiger partial charge in [-0.2, -0.15) is 0 Å². The lowest BCUT2D eigenvalue weighted by molar-refractivity contribution is -0.588. The van der Waals surface area contributed by atoms with Crippen molar-refractivity contribution >= 4 is 46.5 Å². The Bertz CT molecular complexity index is 1170. The Balaban J connectivity index is 1.68. The highest BCUT2D eigenvalue weighted by molar-refractivity contribution is 8.05. The van der Waals surface area contributed by atoms with Gasteiger partial charge < -0.3 is 0 Å². The Morgan fingerprint density at radius 2 is 1.68 bits per heavy atom. The van der Waals surface area contributed by atoms with E-state index in [9.17, 15) is 25.0 Å². The number of aromatic nitrogens is 1. The first kappa shape index (κ1) is 18.0. The Morgan fingerprint density at radius 1 is 0.964 bits per heavy atom. The summed E-state index contributed by atoms with van der Waals surface area (Å²) in [6.07, 6.45) is 1.67. The molecule has 0 radical (unpaired) electrons. The molecular formula is C18H10N3O5S2+. The first-order valence-corrected chi connectivity index (χ1v) is 9.61. The van der Waals surface area contributed by atoms with Crippen molar-refractivity contribution in [2.75, 3.05) is 0 Å². The molecule has 1 aliphatic heterocycles. The minimum absolute atomic E-state index is 0.0195. The second-order valence-electron chi connectivity index (χ2n) is 5.79. The molecule has 1 aliphatic rings. The zero-order chi connectivity index (χ0) is 19.8. The highest BCUT2D eigenvalue weighted by atomic mass is 32.2. The number of carbonyl (C=O) groups is 1. The lowest BCUT2D eigenvalue weighted by atomic mass is 10.1. The third-order valence-electron chi connectivity index (χ3n) is 4.06. The van der Waals surface area contributed by atoms with Crippen LogP contribution in [0.25, 0.3) is 17.3 Å². The molecule has 28 heavy (non-hydrogen) atoms. The first-order valence-electron chi connectivity index (χ1n) is 7.91. The van der Waals surface area contributed by atoms with Crippen LogP contribution in [-0.2, 0) is 0 Å². The summed E-state index contributed by atoms with van der Waals surface area (Å²) in [6, 6.07) is 12.1. The molecule has 0 spiro atoms. The summed E-state index contributed by atoms with van der Waals surface area (Å²) >= 11 is 2.68. The number of thiazole rings is 1. The number of fused-ring (bicyclic) bond motifs is 1. The van der Waals surface area contributed by atoms with Crippen molar-refractivity contribution in [1.29, 1.82) is 0 Å². The average molecular weight is 412 g/mol. The second-order valence-corrected chi connectivity index (χ2v) is 7.94. The van der Waals surface area contributed by atoms with Crippen LogP contribution in [0.3, 0.4) is 0 Å². The Morgan fingerprint density at radius 3 is 2.36 bits per heavy atom. The Kier molecular flexibility index (Phi) is 4.49. The first-order chi connectivity index (χ1) is 13.4. The lowest BCUT2D eigenvalue weighted by Crippen LogP contribution is -2.40. The molecule has 0 atom stereocenters. The van der Waals surface area contributed by atoms with Gasteiger partial charge in [0.2, 0.25) is 5.69 Å². The van der Waals surface area contributed by atoms with Crippen molar-refractivity contribution < 1.29 is 19.2 Å². The van der Waals surface area contributed by atoms with Crippen LogP contribution in [-0.4, -0.2) is 15.8 Å². The van der Waals surface area contributed by atoms with E-state index in [1.807, 2.05) is 0 Å². The topological polar surface area (TPSA) is 107 Å². The van der Waals surface area contributed by atoms with Gasteiger partial charge in [0.05, 0.1) is 20.8 Å². The number of allylic oxidation sites excluding steroid dienone is 1. The molecule has 0 bridgehead atoms. The van der Waals surface area contributed by atoms with Gasteiger partial charge in [0.25, 0.3) is 11.4 Å². The van der Waals surface area contributed by atoms with Crippen LogP contribution in [0.15, 0.2) is 63.2 Å². The standard InChI is InChI=1S/C18H10N3O5S2/c22-17-16(8-11-4-6-13(7-5-11)20(23)24)28-18-19(17)15(10-27-18)12-2-1-3-14(9-12)21(25)26/h1-10H/q+1/b16-8-. The SMILES string of the molecule is O=C1/C(=C/c2ccc([N+](=O)[O-])cc2)Sc2scc(-c3cccc([N+](=O)[O-])c3)[n+]21. The molecule has 2 aromatic carbocycles. The molecule has 0 saturated carbocycles. The zero-order valence-electron chi connectivity index (χ0n) is 14.0. The van der Waals surface area contributed by atoms with E-state index >= 15 is 0 Å². The van der Waals surface area contributed by atoms with Crippen LogP contribution < -0.4 is 4.57 Å². The van der Waals surface area contributed by atoms with Crippen molar-refractivity contribution in [3.05, 3.63) is 84.6 Å². The van der Waals surface area contributed by atoms with Gasteiger partial charge in [-0.05, 0) is 29.8 Å². The number of benzene rings is 2. The molecule has 8 nitrogen and oxygen atoms in total. The summed E-state index contributed by atoms with van der Waals surface area (Å²) in [4.78, 5) is 34.2. The van der Waals surface area contributed by atoms with Gasteiger partial charge in [-0.25, -0.2) is 4.79 Å². The normalized spacial score (nSPS) is 14.3. The molecular weight excluding hydrogens is 402 g/mol. The number of nitro groups is 2. The van der Waals surface area contributed by atoms with Crippen LogP contribution in [0, 0.1) is 20.2 Å². The van der Waals surface area contributed by atoms with Crippen LogP contribution >= 0.6 is 23.1 Å². The number of thioether (sulfide) groups is 1. The van der Waals surface area contributed by atoms with Crippen LogP contribution in [0.1, 0.15) is 10.4 Å². The van der Waals surface area contributed by atoms with E-state index in [4.69, 9.17) is 0 Å². The van der Waals surface area contributed by atoms with Crippen LogP contribution in [0.5, 0.6) is 0 Å². The second kappa shape index (κ2) is 6.98. The summed E-state index contributed by atoms with van der Waals surface area (Å²) in [7, 11) is 0. The summed E-state index contributed by atoms with van der Waals surface area (Å²) in [5.41, 5.74) is 1.79. The largest absolute Gasteiger partial charge is 0.433 e. The van der Waals surface area contributed by atoms with E-state index in [0.717, 1.165) is 4.34 Å². The molecule has 0 saturated heterocycles. The summed E-state index contributed by atoms with van der Waals surface area (Å²) in [5, 5.41) is 23.6. The molecule has 0 fully saturated rings. The van der Waals surface area contributed by atoms with Gasteiger partial charge in [-0.3, -0.25) is 20.2 Å². The number of hydrogen-bond donors (Lipinski definition) is 0. The highest BCUT2D eigenvalue weighted by Gasteiger charge is 2.41. The van der Waals surface area contributed by atoms with Crippen molar-refractivity contribution in [3.8, 4) is 11.3 Å². The van der Waals surface area contributed by atoms with Gasteiger partial charge in [0, 0.05) is 36.0 Å². The molecule has 0 aliphatic carbocycles. The van der Waals surface area contributed by atoms with Gasteiger partial charge in [0.15, 0.2) is 0 Å². The zero-order valence-corrected chi connectivity index (χ0v) is 15.6. The van der Waals surface area contributed by atoms with E-state index in [1.165, 1.54) is 51.9 Å². The molecule has 0 unspecified atom stereocenters. The molecule has 0 N–H and O–H groups in total. The number of nitro benzene ring substituents is 2. The van der Waals surface area contributed by atoms with E-state index in [-0.39, 0.29) is 17.3 Å². The lowest BCUT2D eigenvalue weighted by Gasteiger charge is -1.96. The van der Waals surface area contributed by atoms with Gasteiger partial charge in [0.1, 0.15) is 4.91 Å². The molecule has 1 aromatic heterocycles. The van der Waals surface area contributed by atoms with Crippen LogP contribution in [0.4, 0.5) is 11.4 Å². The fourth-order valence-electron chi connectivity index (χ4n) is 2.73. The predicted octanol–water partition coefficient (Wildman–Crippen LogP) is 4.31. The van der Waals surface area contributed by atoms with Crippen LogP contribution in [0.2, 0.25) is 0 Å². The minimum atomic E-state index is -0.481. The molecule has 10 heteroatoms. The van der Waals surface area contributed by atoms with E-state index < -0.39 is 9.85 Å². The van der Waals surface area contributed by atoms with Gasteiger partial charge in [-0.15, -0.1) is 4.57 Å². The quantitative estimate of drug-likeness (QED) is 0.274. The van der Waals surface area contributed by atoms with E-state index in [1.54, 1.807) is 35.7 Å². The van der Waals surface area contributed by atoms with Gasteiger partial charge >= 0.3 is 10.2 Å². The molecule has 4 rings (SSSR count). The number of non-ortho nitro benzene ring substituents is 2. The minimum Gasteiger partial charge on any atom is -0.258 e. The maximum absolute atomic E-state index is 12.9. The molecule has 0 amide bonds. The summed E-state index contributed by atoms with van der Waals surface area (Å²) in [6.45, 7) is 0. The monoisotopic (exact) mass is 412 g/mol. The van der Waals surface area contributed by atoms with Gasteiger partial charge in [-0.1, -0.05) is 17.4 Å². The number of hydrogen-bond acceptors (Lipinski definition) is 7. The molecule has 138 valence electrons. The summed E-state index contributed by atoms with van der Waals surface area (Å²) < 4.78 is 2.28. The fraction of sp³-hybridized carbons (Fsp3) is 0. The van der Waals surface area contributed by atoms with Crippen molar-refractivity contribution in [3.63, 3.8) is 0 Å². The average Bonchev–Trinajstić information content (AvgIpc) is 3.23. The molecule has 3 aromatic rings. The highest BCUT2D eigenvalue weighted by Crippen LogP contribution is 2.38. The number of carbonyl (C=O) groups excluding carboxylic acids is 1. The predicted molar refractivity (Wildman–Crippen MR) is 104 cm³/mol. The molecule has 2 heterocycles. The van der Waals surface area contributed by atoms with E-state index in [2.05, 4.69) is 0 Å². The van der Waals surface area contributed by atoms with Crippen molar-refractivity contribution in [1.82, 2.24) is 0 Å². The van der Waals surface area contributed by atoms with E-state index in [0.29, 0.717) is 21.7 Å². The Labute approximate surface area is 166 Å². The summed E-state index contributed by atoms with van der Waals surface area (Å²) in [5.74, 6) is -0.235. The Hall–Kier alpha value is -3.37. The third-order valence-corrected chi connectivity index (χ3v) is 6.19. The maximum Gasteiger partial charge on any atom is 0.433 e. The van der Waals surface area contributed by atoms with Crippen molar-refractivity contribution in [2.45, 2.75) is 4.34 Å². The number of rotatable bonds is 4. The van der Waals surface area contributed by atoms with Crippen molar-refractivity contribution in [2.24, 2.45) is 0 Å². The fourth-order valence-corrected chi connectivity index (χ4v) is 4.91.